The van der Waals surface area contributed by atoms with Gasteiger partial charge in [-0.15, -0.1) is 11.6 Å². The zero-order valence-electron chi connectivity index (χ0n) is 9.94. The van der Waals surface area contributed by atoms with Crippen LogP contribution in [0.5, 0.6) is 0 Å². The molecule has 0 spiro atoms. The average molecular weight is 272 g/mol. The number of piperidine rings is 1. The number of hydrogen-bond donors (Lipinski definition) is 0. The first kappa shape index (κ1) is 11.7. The number of alkyl halides is 1. The van der Waals surface area contributed by atoms with Gasteiger partial charge in [-0.1, -0.05) is 0 Å². The van der Waals surface area contributed by atoms with E-state index in [1.807, 2.05) is 0 Å². The predicted octanol–water partition coefficient (Wildman–Crippen LogP) is 3.40. The molecule has 1 aromatic rings. The Balaban J connectivity index is 1.74. The molecule has 1 aromatic heterocycles. The van der Waals surface area contributed by atoms with E-state index in [9.17, 15) is 0 Å². The molecule has 1 saturated carbocycles. The second-order valence-corrected chi connectivity index (χ2v) is 6.14. The summed E-state index contributed by atoms with van der Waals surface area (Å²) in [6, 6.07) is 0.584. The van der Waals surface area contributed by atoms with Gasteiger partial charge in [0.1, 0.15) is 5.82 Å². The van der Waals surface area contributed by atoms with Crippen LogP contribution >= 0.6 is 23.1 Å². The maximum atomic E-state index is 5.89. The van der Waals surface area contributed by atoms with Crippen molar-refractivity contribution in [3.8, 4) is 0 Å². The number of nitrogens with zero attached hydrogens (tertiary/aromatic N) is 3. The van der Waals surface area contributed by atoms with Crippen LogP contribution in [0.4, 0.5) is 5.13 Å². The van der Waals surface area contributed by atoms with Gasteiger partial charge in [0.2, 0.25) is 5.13 Å². The van der Waals surface area contributed by atoms with Gasteiger partial charge in [-0.25, -0.2) is 4.98 Å². The summed E-state index contributed by atoms with van der Waals surface area (Å²) in [6.45, 7) is 1.13. The van der Waals surface area contributed by atoms with E-state index >= 15 is 0 Å². The SMILES string of the molecule is ClCCC1CCCCN1c1nc(C2CC2)ns1. The molecule has 2 fully saturated rings. The van der Waals surface area contributed by atoms with E-state index in [2.05, 4.69) is 9.27 Å². The fraction of sp³-hybridized carbons (Fsp3) is 0.833. The van der Waals surface area contributed by atoms with Crippen molar-refractivity contribution in [2.45, 2.75) is 50.5 Å². The van der Waals surface area contributed by atoms with Crippen LogP contribution in [0, 0.1) is 0 Å². The van der Waals surface area contributed by atoms with Crippen LogP contribution in [0.3, 0.4) is 0 Å². The molecule has 3 rings (SSSR count). The minimum absolute atomic E-state index is 0.584. The second-order valence-electron chi connectivity index (χ2n) is 5.03. The maximum Gasteiger partial charge on any atom is 0.205 e. The Morgan fingerprint density at radius 3 is 2.94 bits per heavy atom. The highest BCUT2D eigenvalue weighted by molar-refractivity contribution is 7.09. The maximum absolute atomic E-state index is 5.89. The molecule has 1 saturated heterocycles. The van der Waals surface area contributed by atoms with Gasteiger partial charge in [0.15, 0.2) is 0 Å². The standard InChI is InChI=1S/C12H18ClN3S/c13-7-6-10-3-1-2-8-16(10)12-14-11(15-17-12)9-4-5-9/h9-10H,1-8H2. The number of rotatable bonds is 4. The van der Waals surface area contributed by atoms with E-state index in [1.165, 1.54) is 32.1 Å². The fourth-order valence-electron chi connectivity index (χ4n) is 2.53. The van der Waals surface area contributed by atoms with Crippen LogP contribution < -0.4 is 4.90 Å². The molecule has 1 unspecified atom stereocenters. The predicted molar refractivity (Wildman–Crippen MR) is 72.2 cm³/mol. The first-order valence-electron chi connectivity index (χ1n) is 6.54. The summed E-state index contributed by atoms with van der Waals surface area (Å²) in [5.41, 5.74) is 0. The monoisotopic (exact) mass is 271 g/mol. The van der Waals surface area contributed by atoms with Crippen molar-refractivity contribution in [2.75, 3.05) is 17.3 Å². The quantitative estimate of drug-likeness (QED) is 0.786. The Hall–Kier alpha value is -0.350. The van der Waals surface area contributed by atoms with Gasteiger partial charge >= 0.3 is 0 Å². The van der Waals surface area contributed by atoms with Crippen LogP contribution in [0.1, 0.15) is 50.3 Å². The highest BCUT2D eigenvalue weighted by Crippen LogP contribution is 2.40. The van der Waals surface area contributed by atoms with E-state index in [1.54, 1.807) is 11.5 Å². The first-order chi connectivity index (χ1) is 8.38. The van der Waals surface area contributed by atoms with E-state index in [4.69, 9.17) is 16.6 Å². The number of aromatic nitrogens is 2. The third-order valence-electron chi connectivity index (χ3n) is 3.69. The topological polar surface area (TPSA) is 29.0 Å². The van der Waals surface area contributed by atoms with Crippen LogP contribution in [-0.4, -0.2) is 27.8 Å². The lowest BCUT2D eigenvalue weighted by Gasteiger charge is -2.35. The second kappa shape index (κ2) is 5.11. The summed E-state index contributed by atoms with van der Waals surface area (Å²) >= 11 is 7.47. The zero-order valence-corrected chi connectivity index (χ0v) is 11.5. The summed E-state index contributed by atoms with van der Waals surface area (Å²) in [6.07, 6.45) is 7.48. The molecule has 0 amide bonds. The third kappa shape index (κ3) is 2.58. The van der Waals surface area contributed by atoms with Gasteiger partial charge in [-0.05, 0) is 38.5 Å². The Bertz CT molecular complexity index is 376. The lowest BCUT2D eigenvalue weighted by Crippen LogP contribution is -2.39. The Morgan fingerprint density at radius 2 is 2.18 bits per heavy atom. The largest absolute Gasteiger partial charge is 0.344 e. The van der Waals surface area contributed by atoms with Crippen LogP contribution in [0.2, 0.25) is 0 Å². The van der Waals surface area contributed by atoms with E-state index in [-0.39, 0.29) is 0 Å². The van der Waals surface area contributed by atoms with Crippen LogP contribution in [0.15, 0.2) is 0 Å². The smallest absolute Gasteiger partial charge is 0.205 e. The lowest BCUT2D eigenvalue weighted by molar-refractivity contribution is 0.450. The summed E-state index contributed by atoms with van der Waals surface area (Å²) in [7, 11) is 0. The Labute approximate surface area is 111 Å². The van der Waals surface area contributed by atoms with E-state index in [0.29, 0.717) is 12.0 Å². The molecule has 0 N–H and O–H groups in total. The number of hydrogen-bond acceptors (Lipinski definition) is 4. The minimum Gasteiger partial charge on any atom is -0.344 e. The molecule has 0 radical (unpaired) electrons. The number of anilines is 1. The fourth-order valence-corrected chi connectivity index (χ4v) is 3.63. The number of halogens is 1. The first-order valence-corrected chi connectivity index (χ1v) is 7.85. The van der Waals surface area contributed by atoms with Crippen molar-refractivity contribution >= 4 is 28.3 Å². The molecule has 1 aliphatic heterocycles. The van der Waals surface area contributed by atoms with Crippen molar-refractivity contribution in [3.05, 3.63) is 5.82 Å². The molecule has 1 aliphatic carbocycles. The summed E-state index contributed by atoms with van der Waals surface area (Å²) < 4.78 is 4.50. The Kier molecular flexibility index (Phi) is 3.52. The van der Waals surface area contributed by atoms with Crippen molar-refractivity contribution < 1.29 is 0 Å². The summed E-state index contributed by atoms with van der Waals surface area (Å²) in [5, 5.41) is 1.13. The highest BCUT2D eigenvalue weighted by Gasteiger charge is 2.30. The van der Waals surface area contributed by atoms with E-state index < -0.39 is 0 Å². The third-order valence-corrected chi connectivity index (χ3v) is 4.67. The van der Waals surface area contributed by atoms with Gasteiger partial charge in [0.05, 0.1) is 0 Å². The van der Waals surface area contributed by atoms with Crippen molar-refractivity contribution in [2.24, 2.45) is 0 Å². The average Bonchev–Trinajstić information content (AvgIpc) is 3.09. The molecular weight excluding hydrogens is 254 g/mol. The van der Waals surface area contributed by atoms with Crippen molar-refractivity contribution in [1.82, 2.24) is 9.36 Å². The molecule has 1 atom stereocenters. The zero-order chi connectivity index (χ0) is 11.7. The highest BCUT2D eigenvalue weighted by atomic mass is 35.5. The Morgan fingerprint density at radius 1 is 1.29 bits per heavy atom. The van der Waals surface area contributed by atoms with Gasteiger partial charge < -0.3 is 4.90 Å². The van der Waals surface area contributed by atoms with E-state index in [0.717, 1.165) is 29.8 Å². The molecule has 3 nitrogen and oxygen atoms in total. The van der Waals surface area contributed by atoms with Crippen molar-refractivity contribution in [1.29, 1.82) is 0 Å². The summed E-state index contributed by atoms with van der Waals surface area (Å²) in [5.74, 6) is 2.49. The van der Waals surface area contributed by atoms with Crippen molar-refractivity contribution in [3.63, 3.8) is 0 Å². The van der Waals surface area contributed by atoms with Gasteiger partial charge in [-0.3, -0.25) is 0 Å². The molecule has 17 heavy (non-hydrogen) atoms. The van der Waals surface area contributed by atoms with Gasteiger partial charge in [0.25, 0.3) is 0 Å². The molecule has 0 bridgehead atoms. The molecule has 94 valence electrons. The molecule has 2 heterocycles. The van der Waals surface area contributed by atoms with Gasteiger partial charge in [-0.2, -0.15) is 4.37 Å². The molecular formula is C12H18ClN3S. The molecule has 0 aromatic carbocycles. The van der Waals surface area contributed by atoms with Crippen LogP contribution in [0.25, 0.3) is 0 Å². The minimum atomic E-state index is 0.584. The lowest BCUT2D eigenvalue weighted by atomic mass is 10.0. The molecule has 2 aliphatic rings. The van der Waals surface area contributed by atoms with Crippen LogP contribution in [-0.2, 0) is 0 Å². The molecule has 5 heteroatoms. The normalized spacial score (nSPS) is 25.2. The van der Waals surface area contributed by atoms with Gasteiger partial charge in [0, 0.05) is 35.9 Å². The summed E-state index contributed by atoms with van der Waals surface area (Å²) in [4.78, 5) is 7.16.